The Balaban J connectivity index is 1.95. The number of nitrogens with one attached hydrogen (secondary N) is 1. The number of carbonyl (C=O) groups excluding carboxylic acids is 1. The summed E-state index contributed by atoms with van der Waals surface area (Å²) in [7, 11) is 1.57. The standard InChI is InChI=1S/C22H18Cl2FN3O2/c1-12-9-14(11-30-2)19-21(26-12)28(16-6-4-15(25)5-7-16)20(27-22(19)29)13-3-8-17(23)18(24)10-13/h3-10,20H,11H2,1-2H3,(H,27,29)/t20-/m1/s1. The number of halogens is 3. The van der Waals surface area contributed by atoms with Crippen LogP contribution < -0.4 is 10.2 Å². The van der Waals surface area contributed by atoms with Crippen molar-refractivity contribution in [1.29, 1.82) is 0 Å². The van der Waals surface area contributed by atoms with E-state index in [0.717, 1.165) is 11.3 Å². The fraction of sp³-hybridized carbons (Fsp3) is 0.182. The Morgan fingerprint density at radius 3 is 2.53 bits per heavy atom. The van der Waals surface area contributed by atoms with Crippen molar-refractivity contribution in [2.75, 3.05) is 12.0 Å². The molecule has 0 radical (unpaired) electrons. The molecule has 0 fully saturated rings. The summed E-state index contributed by atoms with van der Waals surface area (Å²) in [6, 6.07) is 13.0. The first-order valence-corrected chi connectivity index (χ1v) is 9.94. The first-order valence-electron chi connectivity index (χ1n) is 9.19. The quantitative estimate of drug-likeness (QED) is 0.570. The lowest BCUT2D eigenvalue weighted by atomic mass is 10.0. The predicted octanol–water partition coefficient (Wildman–Crippen LogP) is 5.56. The monoisotopic (exact) mass is 445 g/mol. The maximum atomic E-state index is 13.6. The van der Waals surface area contributed by atoms with Crippen LogP contribution in [0.5, 0.6) is 0 Å². The number of amides is 1. The number of anilines is 2. The predicted molar refractivity (Wildman–Crippen MR) is 115 cm³/mol. The second kappa shape index (κ2) is 8.22. The molecule has 2 heterocycles. The van der Waals surface area contributed by atoms with Crippen molar-refractivity contribution in [2.45, 2.75) is 19.7 Å². The highest BCUT2D eigenvalue weighted by atomic mass is 35.5. The number of hydrogen-bond acceptors (Lipinski definition) is 4. The minimum absolute atomic E-state index is 0.258. The van der Waals surface area contributed by atoms with Crippen LogP contribution in [0.3, 0.4) is 0 Å². The summed E-state index contributed by atoms with van der Waals surface area (Å²) < 4.78 is 18.9. The molecule has 1 atom stereocenters. The molecule has 1 N–H and O–H groups in total. The number of aromatic nitrogens is 1. The summed E-state index contributed by atoms with van der Waals surface area (Å²) in [4.78, 5) is 19.6. The van der Waals surface area contributed by atoms with Crippen molar-refractivity contribution < 1.29 is 13.9 Å². The van der Waals surface area contributed by atoms with Crippen LogP contribution in [0.4, 0.5) is 15.9 Å². The van der Waals surface area contributed by atoms with E-state index < -0.39 is 6.17 Å². The number of benzene rings is 2. The summed E-state index contributed by atoms with van der Waals surface area (Å²) in [5, 5.41) is 3.79. The van der Waals surface area contributed by atoms with Gasteiger partial charge in [0.2, 0.25) is 0 Å². The minimum Gasteiger partial charge on any atom is -0.380 e. The minimum atomic E-state index is -0.616. The Morgan fingerprint density at radius 2 is 1.87 bits per heavy atom. The van der Waals surface area contributed by atoms with Gasteiger partial charge < -0.3 is 15.0 Å². The largest absolute Gasteiger partial charge is 0.380 e. The van der Waals surface area contributed by atoms with Crippen LogP contribution >= 0.6 is 23.2 Å². The van der Waals surface area contributed by atoms with Gasteiger partial charge in [0.25, 0.3) is 5.91 Å². The molecule has 1 aliphatic heterocycles. The molecular formula is C22H18Cl2FN3O2. The van der Waals surface area contributed by atoms with Gasteiger partial charge in [-0.2, -0.15) is 0 Å². The Kier molecular flexibility index (Phi) is 5.64. The molecule has 0 saturated carbocycles. The molecule has 30 heavy (non-hydrogen) atoms. The summed E-state index contributed by atoms with van der Waals surface area (Å²) in [6.07, 6.45) is -0.616. The molecule has 154 valence electrons. The third kappa shape index (κ3) is 3.74. The molecule has 2 aromatic carbocycles. The second-order valence-corrected chi connectivity index (χ2v) is 7.76. The van der Waals surface area contributed by atoms with E-state index in [4.69, 9.17) is 27.9 Å². The molecule has 3 aromatic rings. The zero-order valence-corrected chi connectivity index (χ0v) is 17.8. The van der Waals surface area contributed by atoms with Gasteiger partial charge in [-0.25, -0.2) is 9.37 Å². The highest BCUT2D eigenvalue weighted by molar-refractivity contribution is 6.42. The summed E-state index contributed by atoms with van der Waals surface area (Å²) in [6.45, 7) is 2.11. The van der Waals surface area contributed by atoms with Crippen LogP contribution in [0.25, 0.3) is 0 Å². The molecule has 0 bridgehead atoms. The summed E-state index contributed by atoms with van der Waals surface area (Å²) in [5.74, 6) is -0.171. The van der Waals surface area contributed by atoms with E-state index in [2.05, 4.69) is 10.3 Å². The van der Waals surface area contributed by atoms with E-state index in [1.807, 2.05) is 17.9 Å². The topological polar surface area (TPSA) is 54.5 Å². The number of aryl methyl sites for hydroxylation is 1. The fourth-order valence-electron chi connectivity index (χ4n) is 3.59. The van der Waals surface area contributed by atoms with Gasteiger partial charge in [0.05, 0.1) is 22.2 Å². The van der Waals surface area contributed by atoms with Gasteiger partial charge >= 0.3 is 0 Å². The van der Waals surface area contributed by atoms with Crippen molar-refractivity contribution in [3.05, 3.63) is 86.8 Å². The molecule has 0 saturated heterocycles. The average molecular weight is 446 g/mol. The zero-order chi connectivity index (χ0) is 21.4. The van der Waals surface area contributed by atoms with E-state index in [0.29, 0.717) is 32.7 Å². The van der Waals surface area contributed by atoms with E-state index in [1.165, 1.54) is 12.1 Å². The number of methoxy groups -OCH3 is 1. The zero-order valence-electron chi connectivity index (χ0n) is 16.2. The molecule has 0 aliphatic carbocycles. The lowest BCUT2D eigenvalue weighted by molar-refractivity contribution is 0.0923. The number of hydrogen-bond donors (Lipinski definition) is 1. The fourth-order valence-corrected chi connectivity index (χ4v) is 3.89. The number of nitrogens with zero attached hydrogens (tertiary/aromatic N) is 2. The molecule has 5 nitrogen and oxygen atoms in total. The number of ether oxygens (including phenoxy) is 1. The van der Waals surface area contributed by atoms with Crippen molar-refractivity contribution >= 4 is 40.6 Å². The molecule has 1 aromatic heterocycles. The number of pyridine rings is 1. The maximum absolute atomic E-state index is 13.6. The Hall–Kier alpha value is -2.67. The van der Waals surface area contributed by atoms with Gasteiger partial charge in [-0.3, -0.25) is 4.79 Å². The van der Waals surface area contributed by atoms with E-state index >= 15 is 0 Å². The van der Waals surface area contributed by atoms with Crippen LogP contribution in [0.2, 0.25) is 10.0 Å². The Morgan fingerprint density at radius 1 is 1.13 bits per heavy atom. The van der Waals surface area contributed by atoms with Crippen LogP contribution in [-0.4, -0.2) is 18.0 Å². The van der Waals surface area contributed by atoms with Gasteiger partial charge in [0.1, 0.15) is 17.8 Å². The van der Waals surface area contributed by atoms with Crippen LogP contribution in [0.1, 0.15) is 33.3 Å². The number of fused-ring (bicyclic) bond motifs is 1. The highest BCUT2D eigenvalue weighted by Gasteiger charge is 2.36. The van der Waals surface area contributed by atoms with Crippen molar-refractivity contribution in [1.82, 2.24) is 10.3 Å². The molecule has 4 rings (SSSR count). The van der Waals surface area contributed by atoms with E-state index in [-0.39, 0.29) is 18.3 Å². The smallest absolute Gasteiger partial charge is 0.257 e. The number of carbonyl (C=O) groups is 1. The second-order valence-electron chi connectivity index (χ2n) is 6.95. The lowest BCUT2D eigenvalue weighted by Gasteiger charge is -2.39. The van der Waals surface area contributed by atoms with Gasteiger partial charge in [-0.05, 0) is 60.5 Å². The molecule has 0 spiro atoms. The van der Waals surface area contributed by atoms with Gasteiger partial charge in [-0.1, -0.05) is 29.3 Å². The SMILES string of the molecule is COCc1cc(C)nc2c1C(=O)N[C@@H](c1ccc(Cl)c(Cl)c1)N2c1ccc(F)cc1. The highest BCUT2D eigenvalue weighted by Crippen LogP contribution is 2.40. The van der Waals surface area contributed by atoms with Crippen LogP contribution in [0.15, 0.2) is 48.5 Å². The molecule has 0 unspecified atom stereocenters. The third-order valence-corrected chi connectivity index (χ3v) is 5.59. The van der Waals surface area contributed by atoms with Crippen LogP contribution in [-0.2, 0) is 11.3 Å². The summed E-state index contributed by atoms with van der Waals surface area (Å²) >= 11 is 12.3. The maximum Gasteiger partial charge on any atom is 0.257 e. The first-order chi connectivity index (χ1) is 14.4. The number of rotatable bonds is 4. The third-order valence-electron chi connectivity index (χ3n) is 4.86. The van der Waals surface area contributed by atoms with Crippen molar-refractivity contribution in [3.8, 4) is 0 Å². The molecule has 1 aliphatic rings. The Labute approximate surface area is 183 Å². The van der Waals surface area contributed by atoms with E-state index in [9.17, 15) is 9.18 Å². The lowest BCUT2D eigenvalue weighted by Crippen LogP contribution is -2.45. The molecular weight excluding hydrogens is 428 g/mol. The average Bonchev–Trinajstić information content (AvgIpc) is 2.70. The van der Waals surface area contributed by atoms with Crippen LogP contribution in [0, 0.1) is 12.7 Å². The normalized spacial score (nSPS) is 15.7. The van der Waals surface area contributed by atoms with Crippen molar-refractivity contribution in [2.24, 2.45) is 0 Å². The Bertz CT molecular complexity index is 1120. The van der Waals surface area contributed by atoms with E-state index in [1.54, 1.807) is 37.4 Å². The molecule has 1 amide bonds. The van der Waals surface area contributed by atoms with Crippen molar-refractivity contribution in [3.63, 3.8) is 0 Å². The first kappa shape index (κ1) is 20.6. The van der Waals surface area contributed by atoms with Gasteiger partial charge in [0.15, 0.2) is 0 Å². The summed E-state index contributed by atoms with van der Waals surface area (Å²) in [5.41, 5.74) is 3.25. The molecule has 8 heteroatoms. The van der Waals surface area contributed by atoms with Gasteiger partial charge in [0, 0.05) is 18.5 Å². The van der Waals surface area contributed by atoms with Gasteiger partial charge in [-0.15, -0.1) is 0 Å².